The molecule has 0 aliphatic heterocycles. The Morgan fingerprint density at radius 2 is 2.31 bits per heavy atom. The van der Waals surface area contributed by atoms with Gasteiger partial charge < -0.3 is 0 Å². The zero-order valence-corrected chi connectivity index (χ0v) is 7.59. The average Bonchev–Trinajstić information content (AvgIpc) is 2.36. The highest BCUT2D eigenvalue weighted by atomic mass is 35.5. The van der Waals surface area contributed by atoms with Crippen LogP contribution in [0.3, 0.4) is 0 Å². The largest absolute Gasteiger partial charge is 0.271 e. The molecule has 0 fully saturated rings. The predicted molar refractivity (Wildman–Crippen MR) is 44.3 cm³/mol. The molecular formula is C6H9ClF2N4. The second-order valence-electron chi connectivity index (χ2n) is 2.48. The summed E-state index contributed by atoms with van der Waals surface area (Å²) in [5.41, 5.74) is 2.17. The van der Waals surface area contributed by atoms with E-state index in [2.05, 4.69) is 5.10 Å². The molecule has 1 rings (SSSR count). The molecule has 0 aliphatic carbocycles. The summed E-state index contributed by atoms with van der Waals surface area (Å²) in [6.45, 7) is 0. The molecule has 1 aromatic heterocycles. The first kappa shape index (κ1) is 10.4. The Morgan fingerprint density at radius 1 is 1.69 bits per heavy atom. The van der Waals surface area contributed by atoms with Crippen molar-refractivity contribution in [1.82, 2.24) is 15.2 Å². The lowest BCUT2D eigenvalue weighted by Gasteiger charge is -2.15. The number of aryl methyl sites for hydroxylation is 1. The van der Waals surface area contributed by atoms with Crippen molar-refractivity contribution < 1.29 is 8.78 Å². The van der Waals surface area contributed by atoms with Crippen molar-refractivity contribution in [2.24, 2.45) is 12.9 Å². The second kappa shape index (κ2) is 3.99. The summed E-state index contributed by atoms with van der Waals surface area (Å²) in [6, 6.07) is -1.29. The lowest BCUT2D eigenvalue weighted by molar-refractivity contribution is 0.0949. The number of hydrogen-bond donors (Lipinski definition) is 2. The molecule has 0 radical (unpaired) electrons. The third kappa shape index (κ3) is 1.96. The first-order valence-corrected chi connectivity index (χ1v) is 3.87. The maximum Gasteiger partial charge on any atom is 0.260 e. The van der Waals surface area contributed by atoms with Gasteiger partial charge in [-0.05, 0) is 0 Å². The number of nitrogens with zero attached hydrogens (tertiary/aromatic N) is 2. The number of rotatable bonds is 3. The van der Waals surface area contributed by atoms with Gasteiger partial charge in [0.1, 0.15) is 6.04 Å². The molecule has 0 saturated carbocycles. The Kier molecular flexibility index (Phi) is 3.18. The number of halogens is 3. The van der Waals surface area contributed by atoms with Crippen molar-refractivity contribution in [3.05, 3.63) is 16.9 Å². The molecule has 0 spiro atoms. The van der Waals surface area contributed by atoms with Gasteiger partial charge in [0.15, 0.2) is 0 Å². The predicted octanol–water partition coefficient (Wildman–Crippen LogP) is 0.843. The Labute approximate surface area is 78.6 Å². The molecule has 74 valence electrons. The SMILES string of the molecule is Cn1ncc(Cl)c1C(NN)C(F)F. The summed E-state index contributed by atoms with van der Waals surface area (Å²) in [4.78, 5) is 0. The molecule has 0 amide bonds. The molecule has 4 nitrogen and oxygen atoms in total. The van der Waals surface area contributed by atoms with Gasteiger partial charge in [0.05, 0.1) is 16.9 Å². The fraction of sp³-hybridized carbons (Fsp3) is 0.500. The first-order valence-electron chi connectivity index (χ1n) is 3.49. The van der Waals surface area contributed by atoms with Gasteiger partial charge in [0.2, 0.25) is 0 Å². The van der Waals surface area contributed by atoms with Crippen molar-refractivity contribution in [1.29, 1.82) is 0 Å². The van der Waals surface area contributed by atoms with Crippen LogP contribution in [0.1, 0.15) is 11.7 Å². The van der Waals surface area contributed by atoms with Crippen LogP contribution in [0.5, 0.6) is 0 Å². The summed E-state index contributed by atoms with van der Waals surface area (Å²) in [7, 11) is 1.52. The molecule has 3 N–H and O–H groups in total. The van der Waals surface area contributed by atoms with Crippen LogP contribution in [0.25, 0.3) is 0 Å². The first-order chi connectivity index (χ1) is 6.07. The number of alkyl halides is 2. The van der Waals surface area contributed by atoms with Gasteiger partial charge in [-0.3, -0.25) is 10.5 Å². The van der Waals surface area contributed by atoms with E-state index in [1.165, 1.54) is 17.9 Å². The second-order valence-corrected chi connectivity index (χ2v) is 2.89. The van der Waals surface area contributed by atoms with E-state index in [9.17, 15) is 8.78 Å². The van der Waals surface area contributed by atoms with Crippen molar-refractivity contribution in [2.45, 2.75) is 12.5 Å². The third-order valence-electron chi connectivity index (χ3n) is 1.66. The monoisotopic (exact) mass is 210 g/mol. The minimum Gasteiger partial charge on any atom is -0.271 e. The molecular weight excluding hydrogens is 202 g/mol. The fourth-order valence-corrected chi connectivity index (χ4v) is 1.32. The number of nitrogens with one attached hydrogen (secondary N) is 1. The number of nitrogens with two attached hydrogens (primary N) is 1. The molecule has 0 aromatic carbocycles. The van der Waals surface area contributed by atoms with E-state index in [1.54, 1.807) is 0 Å². The van der Waals surface area contributed by atoms with E-state index >= 15 is 0 Å². The summed E-state index contributed by atoms with van der Waals surface area (Å²) in [5, 5.41) is 3.90. The van der Waals surface area contributed by atoms with Gasteiger partial charge in [-0.25, -0.2) is 14.2 Å². The molecule has 1 atom stereocenters. The molecule has 1 aromatic rings. The lowest BCUT2D eigenvalue weighted by Crippen LogP contribution is -2.34. The molecule has 0 aliphatic rings. The van der Waals surface area contributed by atoms with Crippen LogP contribution in [0.15, 0.2) is 6.20 Å². The molecule has 1 unspecified atom stereocenters. The van der Waals surface area contributed by atoms with E-state index in [0.717, 1.165) is 0 Å². The highest BCUT2D eigenvalue weighted by Crippen LogP contribution is 2.25. The van der Waals surface area contributed by atoms with Crippen LogP contribution in [0.2, 0.25) is 5.02 Å². The Hall–Kier alpha value is -0.720. The molecule has 0 bridgehead atoms. The zero-order valence-electron chi connectivity index (χ0n) is 6.84. The summed E-state index contributed by atoms with van der Waals surface area (Å²) in [6.07, 6.45) is -1.33. The van der Waals surface area contributed by atoms with Gasteiger partial charge in [-0.2, -0.15) is 5.10 Å². The summed E-state index contributed by atoms with van der Waals surface area (Å²) >= 11 is 5.65. The van der Waals surface area contributed by atoms with E-state index < -0.39 is 12.5 Å². The maximum atomic E-state index is 12.4. The summed E-state index contributed by atoms with van der Waals surface area (Å²) in [5.74, 6) is 4.97. The van der Waals surface area contributed by atoms with E-state index in [-0.39, 0.29) is 10.7 Å². The van der Waals surface area contributed by atoms with Crippen LogP contribution in [0.4, 0.5) is 8.78 Å². The fourth-order valence-electron chi connectivity index (χ4n) is 1.04. The van der Waals surface area contributed by atoms with Gasteiger partial charge >= 0.3 is 0 Å². The van der Waals surface area contributed by atoms with Crippen LogP contribution in [-0.4, -0.2) is 16.2 Å². The number of hydrazine groups is 1. The standard InChI is InChI=1S/C6H9ClF2N4/c1-13-5(3(7)2-11-13)4(12-10)6(8)9/h2,4,6,12H,10H2,1H3. The molecule has 0 saturated heterocycles. The highest BCUT2D eigenvalue weighted by Gasteiger charge is 2.26. The van der Waals surface area contributed by atoms with Crippen molar-refractivity contribution in [2.75, 3.05) is 0 Å². The third-order valence-corrected chi connectivity index (χ3v) is 1.95. The minimum absolute atomic E-state index is 0.172. The van der Waals surface area contributed by atoms with Crippen molar-refractivity contribution >= 4 is 11.6 Å². The number of hydrogen-bond acceptors (Lipinski definition) is 3. The number of aromatic nitrogens is 2. The van der Waals surface area contributed by atoms with Crippen molar-refractivity contribution in [3.8, 4) is 0 Å². The van der Waals surface area contributed by atoms with E-state index in [0.29, 0.717) is 0 Å². The smallest absolute Gasteiger partial charge is 0.260 e. The van der Waals surface area contributed by atoms with Gasteiger partial charge in [0, 0.05) is 7.05 Å². The van der Waals surface area contributed by atoms with Crippen LogP contribution in [0, 0.1) is 0 Å². The lowest BCUT2D eigenvalue weighted by atomic mass is 10.2. The van der Waals surface area contributed by atoms with Gasteiger partial charge in [0.25, 0.3) is 6.43 Å². The highest BCUT2D eigenvalue weighted by molar-refractivity contribution is 6.31. The molecule has 7 heteroatoms. The minimum atomic E-state index is -2.63. The Balaban J connectivity index is 3.03. The van der Waals surface area contributed by atoms with Crippen molar-refractivity contribution in [3.63, 3.8) is 0 Å². The van der Waals surface area contributed by atoms with Gasteiger partial charge in [-0.1, -0.05) is 11.6 Å². The van der Waals surface area contributed by atoms with Gasteiger partial charge in [-0.15, -0.1) is 0 Å². The quantitative estimate of drug-likeness (QED) is 0.574. The van der Waals surface area contributed by atoms with Crippen LogP contribution in [-0.2, 0) is 7.05 Å². The Morgan fingerprint density at radius 3 is 2.62 bits per heavy atom. The Bertz CT molecular complexity index is 269. The topological polar surface area (TPSA) is 55.9 Å². The maximum absolute atomic E-state index is 12.4. The normalized spacial score (nSPS) is 13.7. The molecule has 13 heavy (non-hydrogen) atoms. The van der Waals surface area contributed by atoms with Crippen LogP contribution < -0.4 is 11.3 Å². The van der Waals surface area contributed by atoms with E-state index in [4.69, 9.17) is 17.4 Å². The van der Waals surface area contributed by atoms with Crippen LogP contribution >= 0.6 is 11.6 Å². The zero-order chi connectivity index (χ0) is 10.0. The molecule has 1 heterocycles. The average molecular weight is 211 g/mol. The summed E-state index contributed by atoms with van der Waals surface area (Å²) < 4.78 is 26.0. The van der Waals surface area contributed by atoms with E-state index in [1.807, 2.05) is 5.43 Å².